The molecule has 1 aromatic carbocycles. The second-order valence-corrected chi connectivity index (χ2v) is 6.09. The molecule has 1 amide bonds. The molecule has 0 aromatic heterocycles. The monoisotopic (exact) mass is 334 g/mol. The summed E-state index contributed by atoms with van der Waals surface area (Å²) in [6.07, 6.45) is 1.73. The third-order valence-corrected chi connectivity index (χ3v) is 4.41. The van der Waals surface area contributed by atoms with E-state index >= 15 is 0 Å². The molecule has 1 heterocycles. The summed E-state index contributed by atoms with van der Waals surface area (Å²) in [4.78, 5) is 13.9. The minimum atomic E-state index is -0.234. The molecule has 1 aromatic rings. The van der Waals surface area contributed by atoms with Gasteiger partial charge in [-0.05, 0) is 57.4 Å². The first-order valence-corrected chi connectivity index (χ1v) is 9.04. The minimum absolute atomic E-state index is 0.00431. The quantitative estimate of drug-likeness (QED) is 0.773. The number of fused-ring (bicyclic) bond motifs is 1. The number of carbonyl (C=O) groups is 1. The van der Waals surface area contributed by atoms with Crippen LogP contribution in [0.25, 0.3) is 0 Å². The Morgan fingerprint density at radius 3 is 2.75 bits per heavy atom. The molecule has 1 atom stereocenters. The number of amides is 1. The van der Waals surface area contributed by atoms with Crippen LogP contribution < -0.4 is 10.1 Å². The number of carbonyl (C=O) groups excluding carboxylic acids is 1. The van der Waals surface area contributed by atoms with E-state index in [4.69, 9.17) is 9.47 Å². The highest BCUT2D eigenvalue weighted by molar-refractivity contribution is 5.69. The summed E-state index contributed by atoms with van der Waals surface area (Å²) in [5.41, 5.74) is 3.66. The Labute approximate surface area is 145 Å². The van der Waals surface area contributed by atoms with Gasteiger partial charge >= 0.3 is 6.09 Å². The van der Waals surface area contributed by atoms with E-state index in [0.29, 0.717) is 19.8 Å². The molecule has 0 saturated carbocycles. The van der Waals surface area contributed by atoms with E-state index in [1.165, 1.54) is 11.1 Å². The van der Waals surface area contributed by atoms with E-state index < -0.39 is 0 Å². The second kappa shape index (κ2) is 8.92. The molecule has 2 rings (SSSR count). The summed E-state index contributed by atoms with van der Waals surface area (Å²) in [6, 6.07) is 4.35. The SMILES string of the molecule is CCCNCc1cc2c(cc1OCC)C(C)N(C(=O)OCC)CC2. The minimum Gasteiger partial charge on any atom is -0.494 e. The lowest BCUT2D eigenvalue weighted by molar-refractivity contribution is 0.0900. The summed E-state index contributed by atoms with van der Waals surface area (Å²) in [6.45, 7) is 11.6. The molecular formula is C19H30N2O3. The van der Waals surface area contributed by atoms with Crippen molar-refractivity contribution in [2.75, 3.05) is 26.3 Å². The van der Waals surface area contributed by atoms with Crippen LogP contribution in [-0.2, 0) is 17.7 Å². The van der Waals surface area contributed by atoms with Crippen molar-refractivity contribution in [2.24, 2.45) is 0 Å². The van der Waals surface area contributed by atoms with Gasteiger partial charge in [-0.1, -0.05) is 13.0 Å². The predicted octanol–water partition coefficient (Wildman–Crippen LogP) is 3.66. The average molecular weight is 334 g/mol. The Hall–Kier alpha value is -1.75. The highest BCUT2D eigenvalue weighted by Gasteiger charge is 2.29. The summed E-state index contributed by atoms with van der Waals surface area (Å²) in [5.74, 6) is 0.914. The van der Waals surface area contributed by atoms with Gasteiger partial charge in [-0.25, -0.2) is 4.79 Å². The number of rotatable bonds is 7. The fourth-order valence-electron chi connectivity index (χ4n) is 3.18. The van der Waals surface area contributed by atoms with Crippen molar-refractivity contribution in [1.82, 2.24) is 10.2 Å². The van der Waals surface area contributed by atoms with Gasteiger partial charge in [0.2, 0.25) is 0 Å². The lowest BCUT2D eigenvalue weighted by Crippen LogP contribution is -2.39. The first-order valence-electron chi connectivity index (χ1n) is 9.04. The van der Waals surface area contributed by atoms with Crippen LogP contribution in [0, 0.1) is 0 Å². The molecule has 1 aliphatic heterocycles. The van der Waals surface area contributed by atoms with Crippen LogP contribution in [0.4, 0.5) is 4.79 Å². The predicted molar refractivity (Wildman–Crippen MR) is 95.5 cm³/mol. The topological polar surface area (TPSA) is 50.8 Å². The molecule has 0 saturated heterocycles. The first-order chi connectivity index (χ1) is 11.6. The molecule has 134 valence electrons. The molecule has 0 aliphatic carbocycles. The highest BCUT2D eigenvalue weighted by atomic mass is 16.6. The molecule has 1 N–H and O–H groups in total. The summed E-state index contributed by atoms with van der Waals surface area (Å²) in [5, 5.41) is 3.45. The lowest BCUT2D eigenvalue weighted by atomic mass is 9.91. The Morgan fingerprint density at radius 2 is 2.08 bits per heavy atom. The molecule has 0 radical (unpaired) electrons. The smallest absolute Gasteiger partial charge is 0.410 e. The third-order valence-electron chi connectivity index (χ3n) is 4.41. The van der Waals surface area contributed by atoms with Crippen molar-refractivity contribution in [3.05, 3.63) is 28.8 Å². The molecule has 0 fully saturated rings. The Balaban J connectivity index is 2.26. The average Bonchev–Trinajstić information content (AvgIpc) is 2.56. The number of nitrogens with one attached hydrogen (secondary N) is 1. The van der Waals surface area contributed by atoms with E-state index in [9.17, 15) is 4.79 Å². The van der Waals surface area contributed by atoms with Gasteiger partial charge in [0, 0.05) is 18.7 Å². The van der Waals surface area contributed by atoms with Crippen LogP contribution in [0.1, 0.15) is 56.8 Å². The second-order valence-electron chi connectivity index (χ2n) is 6.09. The van der Waals surface area contributed by atoms with E-state index in [2.05, 4.69) is 31.3 Å². The van der Waals surface area contributed by atoms with Crippen LogP contribution in [0.3, 0.4) is 0 Å². The van der Waals surface area contributed by atoms with Crippen LogP contribution in [-0.4, -0.2) is 37.3 Å². The van der Waals surface area contributed by atoms with Gasteiger partial charge in [-0.3, -0.25) is 0 Å². The van der Waals surface area contributed by atoms with Crippen LogP contribution >= 0.6 is 0 Å². The number of hydrogen-bond donors (Lipinski definition) is 1. The summed E-state index contributed by atoms with van der Waals surface area (Å²) >= 11 is 0. The van der Waals surface area contributed by atoms with Gasteiger partial charge in [0.15, 0.2) is 0 Å². The van der Waals surface area contributed by atoms with E-state index in [0.717, 1.165) is 37.2 Å². The molecular weight excluding hydrogens is 304 g/mol. The van der Waals surface area contributed by atoms with E-state index in [1.54, 1.807) is 4.90 Å². The van der Waals surface area contributed by atoms with Gasteiger partial charge in [0.1, 0.15) is 5.75 Å². The standard InChI is InChI=1S/C19H30N2O3/c1-5-9-20-13-16-11-15-8-10-21(19(22)24-7-3)14(4)17(15)12-18(16)23-6-2/h11-12,14,20H,5-10,13H2,1-4H3. The molecule has 0 bridgehead atoms. The van der Waals surface area contributed by atoms with Crippen LogP contribution in [0.2, 0.25) is 0 Å². The fraction of sp³-hybridized carbons (Fsp3) is 0.632. The van der Waals surface area contributed by atoms with Crippen molar-refractivity contribution in [1.29, 1.82) is 0 Å². The van der Waals surface area contributed by atoms with Crippen LogP contribution in [0.15, 0.2) is 12.1 Å². The summed E-state index contributed by atoms with van der Waals surface area (Å²) < 4.78 is 11.0. The lowest BCUT2D eigenvalue weighted by Gasteiger charge is -2.35. The van der Waals surface area contributed by atoms with Crippen molar-refractivity contribution in [3.8, 4) is 5.75 Å². The Bertz CT molecular complexity index is 560. The van der Waals surface area contributed by atoms with Gasteiger partial charge in [0.25, 0.3) is 0 Å². The molecule has 0 spiro atoms. The Morgan fingerprint density at radius 1 is 1.29 bits per heavy atom. The molecule has 1 aliphatic rings. The highest BCUT2D eigenvalue weighted by Crippen LogP contribution is 2.35. The zero-order valence-corrected chi connectivity index (χ0v) is 15.4. The molecule has 5 nitrogen and oxygen atoms in total. The molecule has 5 heteroatoms. The Kier molecular flexibility index (Phi) is 6.91. The van der Waals surface area contributed by atoms with E-state index in [1.807, 2.05) is 13.8 Å². The van der Waals surface area contributed by atoms with Gasteiger partial charge < -0.3 is 19.7 Å². The van der Waals surface area contributed by atoms with Gasteiger partial charge in [0.05, 0.1) is 19.3 Å². The van der Waals surface area contributed by atoms with E-state index in [-0.39, 0.29) is 12.1 Å². The fourth-order valence-corrected chi connectivity index (χ4v) is 3.18. The zero-order chi connectivity index (χ0) is 17.5. The largest absolute Gasteiger partial charge is 0.494 e. The number of ether oxygens (including phenoxy) is 2. The third kappa shape index (κ3) is 4.20. The van der Waals surface area contributed by atoms with Crippen molar-refractivity contribution < 1.29 is 14.3 Å². The number of hydrogen-bond acceptors (Lipinski definition) is 4. The number of benzene rings is 1. The summed E-state index contributed by atoms with van der Waals surface area (Å²) in [7, 11) is 0. The van der Waals surface area contributed by atoms with Crippen molar-refractivity contribution >= 4 is 6.09 Å². The molecule has 1 unspecified atom stereocenters. The maximum absolute atomic E-state index is 12.1. The normalized spacial score (nSPS) is 16.7. The number of nitrogens with zero attached hydrogens (tertiary/aromatic N) is 1. The van der Waals surface area contributed by atoms with Gasteiger partial charge in [-0.2, -0.15) is 0 Å². The maximum Gasteiger partial charge on any atom is 0.410 e. The maximum atomic E-state index is 12.1. The first kappa shape index (κ1) is 18.6. The van der Waals surface area contributed by atoms with Crippen molar-refractivity contribution in [2.45, 2.75) is 53.1 Å². The van der Waals surface area contributed by atoms with Crippen LogP contribution in [0.5, 0.6) is 5.75 Å². The van der Waals surface area contributed by atoms with Crippen molar-refractivity contribution in [3.63, 3.8) is 0 Å². The van der Waals surface area contributed by atoms with Gasteiger partial charge in [-0.15, -0.1) is 0 Å². The zero-order valence-electron chi connectivity index (χ0n) is 15.4. The molecule has 24 heavy (non-hydrogen) atoms.